The number of fused-ring (bicyclic) bond motifs is 1. The molecule has 4 rings (SSSR count). The highest BCUT2D eigenvalue weighted by molar-refractivity contribution is 5.97. The predicted molar refractivity (Wildman–Crippen MR) is 129 cm³/mol. The molecule has 0 N–H and O–H groups in total. The predicted octanol–water partition coefficient (Wildman–Crippen LogP) is 5.06. The number of halogens is 1. The minimum Gasteiger partial charge on any atom is -0.466 e. The Morgan fingerprint density at radius 1 is 1.22 bits per heavy atom. The summed E-state index contributed by atoms with van der Waals surface area (Å²) in [6, 6.07) is 13.7. The zero-order valence-corrected chi connectivity index (χ0v) is 19.7. The van der Waals surface area contributed by atoms with Gasteiger partial charge in [0.25, 0.3) is 11.6 Å². The summed E-state index contributed by atoms with van der Waals surface area (Å²) in [5.41, 5.74) is 1.64. The maximum Gasteiger partial charge on any atom is 0.308 e. The topological polar surface area (TPSA) is 99.0 Å². The van der Waals surface area contributed by atoms with Gasteiger partial charge in [-0.15, -0.1) is 0 Å². The van der Waals surface area contributed by atoms with E-state index in [0.29, 0.717) is 24.3 Å². The number of hydrogen-bond donors (Lipinski definition) is 0. The molecule has 0 spiro atoms. The molecule has 8 nitrogen and oxygen atoms in total. The molecule has 1 amide bonds. The molecule has 1 heterocycles. The molecule has 9 heteroatoms. The van der Waals surface area contributed by atoms with Gasteiger partial charge in [0.2, 0.25) is 5.76 Å². The van der Waals surface area contributed by atoms with Gasteiger partial charge in [-0.05, 0) is 54.8 Å². The molecular weight excluding hydrogens is 467 g/mol. The number of hydrogen-bond acceptors (Lipinski definition) is 6. The maximum atomic E-state index is 13.7. The molecule has 2 aliphatic rings. The number of nitro groups is 1. The molecule has 1 unspecified atom stereocenters. The zero-order valence-electron chi connectivity index (χ0n) is 19.7. The van der Waals surface area contributed by atoms with Gasteiger partial charge in [-0.3, -0.25) is 19.7 Å². The summed E-state index contributed by atoms with van der Waals surface area (Å²) in [6.45, 7) is 2.36. The van der Waals surface area contributed by atoms with Crippen LogP contribution in [0, 0.1) is 10.1 Å². The monoisotopic (exact) mass is 492 g/mol. The van der Waals surface area contributed by atoms with E-state index in [-0.39, 0.29) is 36.4 Å². The lowest BCUT2D eigenvalue weighted by Crippen LogP contribution is -2.41. The second kappa shape index (κ2) is 11.0. The average molecular weight is 493 g/mol. The zero-order chi connectivity index (χ0) is 25.7. The molecular formula is C27H25FN2O6. The molecule has 0 fully saturated rings. The van der Waals surface area contributed by atoms with Crippen LogP contribution in [-0.2, 0) is 16.0 Å². The Balaban J connectivity index is 1.59. The van der Waals surface area contributed by atoms with Crippen LogP contribution in [0.5, 0.6) is 5.75 Å². The van der Waals surface area contributed by atoms with Crippen molar-refractivity contribution in [3.63, 3.8) is 0 Å². The number of carbonyl (C=O) groups excluding carboxylic acids is 2. The highest BCUT2D eigenvalue weighted by Gasteiger charge is 2.33. The Morgan fingerprint density at radius 2 is 2.00 bits per heavy atom. The van der Waals surface area contributed by atoms with Crippen molar-refractivity contribution in [1.82, 2.24) is 4.90 Å². The van der Waals surface area contributed by atoms with Gasteiger partial charge in [0, 0.05) is 12.1 Å². The first-order valence-corrected chi connectivity index (χ1v) is 11.6. The van der Waals surface area contributed by atoms with Crippen LogP contribution in [0.4, 0.5) is 4.39 Å². The Labute approximate surface area is 207 Å². The minimum atomic E-state index is -0.661. The van der Waals surface area contributed by atoms with E-state index >= 15 is 0 Å². The van der Waals surface area contributed by atoms with Crippen LogP contribution in [-0.4, -0.2) is 34.9 Å². The van der Waals surface area contributed by atoms with Crippen molar-refractivity contribution in [2.24, 2.45) is 0 Å². The summed E-state index contributed by atoms with van der Waals surface area (Å²) in [5, 5.41) is 11.4. The Kier molecular flexibility index (Phi) is 7.58. The molecule has 36 heavy (non-hydrogen) atoms. The number of ether oxygens (including phenoxy) is 2. The smallest absolute Gasteiger partial charge is 0.308 e. The normalized spacial score (nSPS) is 16.1. The molecule has 0 saturated heterocycles. The number of esters is 1. The first-order chi connectivity index (χ1) is 17.4. The van der Waals surface area contributed by atoms with Crippen LogP contribution in [0.1, 0.15) is 47.3 Å². The largest absolute Gasteiger partial charge is 0.466 e. The highest BCUT2D eigenvalue weighted by Crippen LogP contribution is 2.33. The van der Waals surface area contributed by atoms with Gasteiger partial charge >= 0.3 is 5.97 Å². The number of nitrogens with zero attached hydrogens (tertiary/aromatic N) is 2. The van der Waals surface area contributed by atoms with Crippen molar-refractivity contribution >= 4 is 11.9 Å². The second-order valence-corrected chi connectivity index (χ2v) is 8.32. The Hall–Kier alpha value is -4.27. The summed E-state index contributed by atoms with van der Waals surface area (Å²) < 4.78 is 24.6. The Bertz CT molecular complexity index is 1270. The molecule has 1 atom stereocenters. The van der Waals surface area contributed by atoms with Crippen LogP contribution in [0.15, 0.2) is 84.0 Å². The van der Waals surface area contributed by atoms with E-state index in [1.807, 2.05) is 30.3 Å². The molecule has 1 aliphatic carbocycles. The highest BCUT2D eigenvalue weighted by atomic mass is 19.1. The summed E-state index contributed by atoms with van der Waals surface area (Å²) in [4.78, 5) is 38.2. The lowest BCUT2D eigenvalue weighted by molar-refractivity contribution is -0.429. The van der Waals surface area contributed by atoms with Crippen molar-refractivity contribution in [2.75, 3.05) is 13.2 Å². The van der Waals surface area contributed by atoms with E-state index in [1.54, 1.807) is 30.0 Å². The molecule has 2 aromatic rings. The van der Waals surface area contributed by atoms with Gasteiger partial charge in [-0.1, -0.05) is 36.4 Å². The fourth-order valence-electron chi connectivity index (χ4n) is 4.32. The van der Waals surface area contributed by atoms with Gasteiger partial charge in [-0.2, -0.15) is 0 Å². The van der Waals surface area contributed by atoms with Crippen LogP contribution in [0.2, 0.25) is 0 Å². The van der Waals surface area contributed by atoms with E-state index < -0.39 is 23.2 Å². The lowest BCUT2D eigenvalue weighted by Gasteiger charge is -2.35. The number of benzene rings is 2. The van der Waals surface area contributed by atoms with Crippen LogP contribution in [0.3, 0.4) is 0 Å². The third-order valence-corrected chi connectivity index (χ3v) is 6.01. The van der Waals surface area contributed by atoms with Gasteiger partial charge in [0.1, 0.15) is 11.6 Å². The summed E-state index contributed by atoms with van der Waals surface area (Å²) in [5.74, 6) is -1.00. The van der Waals surface area contributed by atoms with Gasteiger partial charge in [-0.25, -0.2) is 4.39 Å². The van der Waals surface area contributed by atoms with Crippen molar-refractivity contribution in [1.29, 1.82) is 0 Å². The van der Waals surface area contributed by atoms with Crippen molar-refractivity contribution in [2.45, 2.75) is 32.2 Å². The fourth-order valence-corrected chi connectivity index (χ4v) is 4.32. The molecule has 0 radical (unpaired) electrons. The number of carbonyl (C=O) groups is 2. The molecule has 1 aliphatic heterocycles. The number of rotatable bonds is 8. The maximum absolute atomic E-state index is 13.7. The molecule has 0 aromatic heterocycles. The van der Waals surface area contributed by atoms with E-state index in [0.717, 1.165) is 17.2 Å². The standard InChI is InChI=1S/C27H25FN2O6/c1-2-35-26(31)17-23(18-7-4-3-5-8-18)29-14-13-19-15-21(11-12-22(19)27(29)32)36-25-10-6-9-20(28)16-24(25)30(33)34/h3-12,15,23H,2,13-14,16-17H2,1H3. The quantitative estimate of drug-likeness (QED) is 0.290. The van der Waals surface area contributed by atoms with E-state index in [9.17, 15) is 24.1 Å². The number of allylic oxidation sites excluding steroid dienone is 4. The van der Waals surface area contributed by atoms with Crippen LogP contribution in [0.25, 0.3) is 0 Å². The van der Waals surface area contributed by atoms with E-state index in [1.165, 1.54) is 12.2 Å². The summed E-state index contributed by atoms with van der Waals surface area (Å²) >= 11 is 0. The summed E-state index contributed by atoms with van der Waals surface area (Å²) in [6.07, 6.45) is 3.91. The van der Waals surface area contributed by atoms with Gasteiger partial charge in [0.05, 0.1) is 30.4 Å². The first kappa shape index (κ1) is 24.8. The third kappa shape index (κ3) is 5.51. The number of amides is 1. The van der Waals surface area contributed by atoms with E-state index in [4.69, 9.17) is 9.47 Å². The second-order valence-electron chi connectivity index (χ2n) is 8.32. The van der Waals surface area contributed by atoms with Gasteiger partial charge < -0.3 is 14.4 Å². The third-order valence-electron chi connectivity index (χ3n) is 6.01. The molecule has 2 aromatic carbocycles. The molecule has 0 bridgehead atoms. The first-order valence-electron chi connectivity index (χ1n) is 11.6. The minimum absolute atomic E-state index is 0.0366. The van der Waals surface area contributed by atoms with Crippen LogP contribution >= 0.6 is 0 Å². The molecule has 186 valence electrons. The molecule has 0 saturated carbocycles. The fraction of sp³-hybridized carbons (Fsp3) is 0.259. The van der Waals surface area contributed by atoms with Crippen LogP contribution < -0.4 is 4.74 Å². The van der Waals surface area contributed by atoms with Crippen molar-refractivity contribution in [3.8, 4) is 5.75 Å². The summed E-state index contributed by atoms with van der Waals surface area (Å²) in [7, 11) is 0. The van der Waals surface area contributed by atoms with E-state index in [2.05, 4.69) is 0 Å². The van der Waals surface area contributed by atoms with Gasteiger partial charge in [0.15, 0.2) is 0 Å². The SMILES string of the molecule is CCOC(=O)CC(c1ccccc1)N1CCc2cc(OC3=C([N+](=O)[O-])CC(F)=CC=C3)ccc2C1=O. The van der Waals surface area contributed by atoms with Crippen molar-refractivity contribution < 1.29 is 28.4 Å². The lowest BCUT2D eigenvalue weighted by atomic mass is 9.94. The van der Waals surface area contributed by atoms with Crippen molar-refractivity contribution in [3.05, 3.63) is 111 Å². The average Bonchev–Trinajstić information content (AvgIpc) is 3.05. The Morgan fingerprint density at radius 3 is 2.72 bits per heavy atom.